The molecule has 1 aromatic carbocycles. The predicted octanol–water partition coefficient (Wildman–Crippen LogP) is 1.57. The Labute approximate surface area is 103 Å². The van der Waals surface area contributed by atoms with Gasteiger partial charge in [-0.05, 0) is 24.8 Å². The van der Waals surface area contributed by atoms with Crippen LogP contribution < -0.4 is 5.73 Å². The second kappa shape index (κ2) is 5.82. The maximum atomic E-state index is 12.2. The van der Waals surface area contributed by atoms with Crippen molar-refractivity contribution in [1.82, 2.24) is 4.90 Å². The van der Waals surface area contributed by atoms with Crippen molar-refractivity contribution in [2.75, 3.05) is 13.1 Å². The fourth-order valence-corrected chi connectivity index (χ4v) is 2.45. The molecule has 3 nitrogen and oxygen atoms in total. The zero-order chi connectivity index (χ0) is 12.1. The number of hydrogen-bond donors (Lipinski definition) is 1. The molecule has 0 aromatic heterocycles. The molecule has 17 heavy (non-hydrogen) atoms. The van der Waals surface area contributed by atoms with E-state index in [1.54, 1.807) is 0 Å². The van der Waals surface area contributed by atoms with Crippen LogP contribution >= 0.6 is 0 Å². The number of carbonyl (C=O) groups excluding carboxylic acids is 1. The first-order valence-corrected chi connectivity index (χ1v) is 6.34. The maximum absolute atomic E-state index is 12.2. The van der Waals surface area contributed by atoms with Gasteiger partial charge < -0.3 is 10.6 Å². The Kier molecular flexibility index (Phi) is 4.15. The van der Waals surface area contributed by atoms with Gasteiger partial charge in [0, 0.05) is 19.1 Å². The fourth-order valence-electron chi connectivity index (χ4n) is 2.45. The Morgan fingerprint density at radius 3 is 2.76 bits per heavy atom. The molecule has 1 aliphatic rings. The highest BCUT2D eigenvalue weighted by atomic mass is 16.2. The van der Waals surface area contributed by atoms with Crippen molar-refractivity contribution >= 4 is 5.91 Å². The molecule has 1 saturated heterocycles. The summed E-state index contributed by atoms with van der Waals surface area (Å²) >= 11 is 0. The van der Waals surface area contributed by atoms with Crippen LogP contribution in [-0.4, -0.2) is 29.9 Å². The van der Waals surface area contributed by atoms with Gasteiger partial charge >= 0.3 is 0 Å². The average molecular weight is 232 g/mol. The van der Waals surface area contributed by atoms with E-state index in [2.05, 4.69) is 0 Å². The molecule has 1 aliphatic heterocycles. The van der Waals surface area contributed by atoms with Gasteiger partial charge in [-0.15, -0.1) is 0 Å². The smallest absolute Gasteiger partial charge is 0.227 e. The number of piperidine rings is 1. The lowest BCUT2D eigenvalue weighted by Crippen LogP contribution is -2.48. The predicted molar refractivity (Wildman–Crippen MR) is 68.6 cm³/mol. The van der Waals surface area contributed by atoms with Crippen LogP contribution in [0.4, 0.5) is 0 Å². The first-order chi connectivity index (χ1) is 8.31. The maximum Gasteiger partial charge on any atom is 0.227 e. The third-order valence-electron chi connectivity index (χ3n) is 3.42. The van der Waals surface area contributed by atoms with E-state index in [-0.39, 0.29) is 11.9 Å². The minimum absolute atomic E-state index is 0.214. The number of amides is 1. The van der Waals surface area contributed by atoms with Crippen LogP contribution in [0.2, 0.25) is 0 Å². The summed E-state index contributed by atoms with van der Waals surface area (Å²) in [5, 5.41) is 0. The molecule has 0 saturated carbocycles. The zero-order valence-electron chi connectivity index (χ0n) is 10.1. The number of nitrogens with zero attached hydrogens (tertiary/aromatic N) is 1. The minimum Gasteiger partial charge on any atom is -0.338 e. The molecule has 92 valence electrons. The normalized spacial score (nSPS) is 20.3. The monoisotopic (exact) mass is 232 g/mol. The van der Waals surface area contributed by atoms with Crippen LogP contribution in [0.5, 0.6) is 0 Å². The first-order valence-electron chi connectivity index (χ1n) is 6.34. The van der Waals surface area contributed by atoms with Gasteiger partial charge in [-0.25, -0.2) is 0 Å². The van der Waals surface area contributed by atoms with Crippen molar-refractivity contribution in [3.63, 3.8) is 0 Å². The van der Waals surface area contributed by atoms with E-state index in [0.717, 1.165) is 24.9 Å². The molecule has 1 aromatic rings. The summed E-state index contributed by atoms with van der Waals surface area (Å²) in [5.74, 6) is 0.214. The van der Waals surface area contributed by atoms with Crippen LogP contribution in [0.3, 0.4) is 0 Å². The number of nitrogens with two attached hydrogens (primary N) is 1. The third-order valence-corrected chi connectivity index (χ3v) is 3.42. The SMILES string of the molecule is NCC1CCCCN1C(=O)Cc1ccccc1. The topological polar surface area (TPSA) is 46.3 Å². The highest BCUT2D eigenvalue weighted by Crippen LogP contribution is 2.17. The molecular formula is C14H20N2O. The van der Waals surface area contributed by atoms with Crippen molar-refractivity contribution in [3.05, 3.63) is 35.9 Å². The van der Waals surface area contributed by atoms with Gasteiger partial charge in [0.25, 0.3) is 0 Å². The largest absolute Gasteiger partial charge is 0.338 e. The molecule has 1 unspecified atom stereocenters. The number of benzene rings is 1. The lowest BCUT2D eigenvalue weighted by atomic mass is 10.0. The lowest BCUT2D eigenvalue weighted by molar-refractivity contribution is -0.133. The molecule has 0 aliphatic carbocycles. The van der Waals surface area contributed by atoms with E-state index in [0.29, 0.717) is 13.0 Å². The third kappa shape index (κ3) is 3.07. The van der Waals surface area contributed by atoms with Crippen LogP contribution in [0, 0.1) is 0 Å². The van der Waals surface area contributed by atoms with E-state index in [9.17, 15) is 4.79 Å². The summed E-state index contributed by atoms with van der Waals surface area (Å²) in [6.07, 6.45) is 3.85. The van der Waals surface area contributed by atoms with Crippen LogP contribution in [0.25, 0.3) is 0 Å². The summed E-state index contributed by atoms with van der Waals surface area (Å²) < 4.78 is 0. The molecular weight excluding hydrogens is 212 g/mol. The average Bonchev–Trinajstić information content (AvgIpc) is 2.40. The second-order valence-electron chi connectivity index (χ2n) is 4.63. The van der Waals surface area contributed by atoms with Crippen molar-refractivity contribution in [3.8, 4) is 0 Å². The quantitative estimate of drug-likeness (QED) is 0.860. The summed E-state index contributed by atoms with van der Waals surface area (Å²) in [5.41, 5.74) is 6.81. The summed E-state index contributed by atoms with van der Waals surface area (Å²) in [7, 11) is 0. The van der Waals surface area contributed by atoms with Gasteiger partial charge in [-0.2, -0.15) is 0 Å². The van der Waals surface area contributed by atoms with E-state index in [1.165, 1.54) is 6.42 Å². The number of carbonyl (C=O) groups is 1. The highest BCUT2D eigenvalue weighted by molar-refractivity contribution is 5.79. The molecule has 0 radical (unpaired) electrons. The molecule has 2 N–H and O–H groups in total. The Morgan fingerprint density at radius 1 is 1.29 bits per heavy atom. The minimum atomic E-state index is 0.214. The fraction of sp³-hybridized carbons (Fsp3) is 0.500. The highest BCUT2D eigenvalue weighted by Gasteiger charge is 2.25. The Balaban J connectivity index is 1.99. The number of rotatable bonds is 3. The van der Waals surface area contributed by atoms with Gasteiger partial charge in [0.1, 0.15) is 0 Å². The van der Waals surface area contributed by atoms with E-state index < -0.39 is 0 Å². The molecule has 1 fully saturated rings. The van der Waals surface area contributed by atoms with Crippen LogP contribution in [-0.2, 0) is 11.2 Å². The molecule has 1 heterocycles. The molecule has 2 rings (SSSR count). The number of hydrogen-bond acceptors (Lipinski definition) is 2. The van der Waals surface area contributed by atoms with Gasteiger partial charge in [-0.3, -0.25) is 4.79 Å². The van der Waals surface area contributed by atoms with E-state index >= 15 is 0 Å². The van der Waals surface area contributed by atoms with Gasteiger partial charge in [0.2, 0.25) is 5.91 Å². The zero-order valence-corrected chi connectivity index (χ0v) is 10.1. The van der Waals surface area contributed by atoms with Crippen molar-refractivity contribution in [1.29, 1.82) is 0 Å². The summed E-state index contributed by atoms with van der Waals surface area (Å²) in [4.78, 5) is 14.2. The van der Waals surface area contributed by atoms with Crippen LogP contribution in [0.1, 0.15) is 24.8 Å². The molecule has 0 spiro atoms. The van der Waals surface area contributed by atoms with Crippen LogP contribution in [0.15, 0.2) is 30.3 Å². The van der Waals surface area contributed by atoms with Gasteiger partial charge in [0.05, 0.1) is 6.42 Å². The Morgan fingerprint density at radius 2 is 2.06 bits per heavy atom. The lowest BCUT2D eigenvalue weighted by Gasteiger charge is -2.35. The molecule has 3 heteroatoms. The Hall–Kier alpha value is -1.35. The molecule has 1 amide bonds. The molecule has 1 atom stereocenters. The van der Waals surface area contributed by atoms with Gasteiger partial charge in [-0.1, -0.05) is 30.3 Å². The standard InChI is InChI=1S/C14H20N2O/c15-11-13-8-4-5-9-16(13)14(17)10-12-6-2-1-3-7-12/h1-3,6-7,13H,4-5,8-11,15H2. The summed E-state index contributed by atoms with van der Waals surface area (Å²) in [6.45, 7) is 1.45. The van der Waals surface area contributed by atoms with Crippen molar-refractivity contribution in [2.24, 2.45) is 5.73 Å². The number of likely N-dealkylation sites (tertiary alicyclic amines) is 1. The van der Waals surface area contributed by atoms with Crippen molar-refractivity contribution < 1.29 is 4.79 Å². The van der Waals surface area contributed by atoms with E-state index in [1.807, 2.05) is 35.2 Å². The molecule has 0 bridgehead atoms. The van der Waals surface area contributed by atoms with Crippen molar-refractivity contribution in [2.45, 2.75) is 31.7 Å². The first kappa shape index (κ1) is 12.1. The second-order valence-corrected chi connectivity index (χ2v) is 4.63. The Bertz CT molecular complexity index is 364. The van der Waals surface area contributed by atoms with E-state index in [4.69, 9.17) is 5.73 Å². The summed E-state index contributed by atoms with van der Waals surface area (Å²) in [6, 6.07) is 10.2. The van der Waals surface area contributed by atoms with Gasteiger partial charge in [0.15, 0.2) is 0 Å².